The fourth-order valence-electron chi connectivity index (χ4n) is 1.18. The summed E-state index contributed by atoms with van der Waals surface area (Å²) in [6.45, 7) is 0. The van der Waals surface area contributed by atoms with Gasteiger partial charge in [-0.05, 0) is 24.3 Å². The molecule has 0 bridgehead atoms. The summed E-state index contributed by atoms with van der Waals surface area (Å²) in [7, 11) is 0. The minimum atomic E-state index is -0.273. The van der Waals surface area contributed by atoms with Crippen molar-refractivity contribution < 1.29 is 0 Å². The Morgan fingerprint density at radius 3 is 2.86 bits per heavy atom. The first-order chi connectivity index (χ1) is 6.77. The first kappa shape index (κ1) is 9.15. The molecule has 70 valence electrons. The molecule has 1 aromatic heterocycles. The largest absolute Gasteiger partial charge is 0.352 e. The first-order valence-electron chi connectivity index (χ1n) is 4.07. The van der Waals surface area contributed by atoms with E-state index in [0.29, 0.717) is 0 Å². The number of halogens is 1. The van der Waals surface area contributed by atoms with E-state index >= 15 is 0 Å². The summed E-state index contributed by atoms with van der Waals surface area (Å²) >= 11 is 3.35. The van der Waals surface area contributed by atoms with Crippen LogP contribution < -0.4 is 5.69 Å². The van der Waals surface area contributed by atoms with E-state index in [1.807, 2.05) is 24.3 Å². The minimum absolute atomic E-state index is 0.273. The summed E-state index contributed by atoms with van der Waals surface area (Å²) in [5.41, 5.74) is 0.531. The third-order valence-electron chi connectivity index (χ3n) is 1.80. The second-order valence-electron chi connectivity index (χ2n) is 2.75. The van der Waals surface area contributed by atoms with E-state index in [1.54, 1.807) is 12.3 Å². The number of benzene rings is 1. The lowest BCUT2D eigenvalue weighted by atomic mass is 10.3. The van der Waals surface area contributed by atoms with Crippen LogP contribution in [0, 0.1) is 0 Å². The number of hydrogen-bond acceptors (Lipinski definition) is 2. The van der Waals surface area contributed by atoms with Gasteiger partial charge in [0.2, 0.25) is 0 Å². The molecule has 0 aliphatic carbocycles. The molecule has 0 saturated carbocycles. The van der Waals surface area contributed by atoms with Gasteiger partial charge in [-0.25, -0.2) is 9.78 Å². The third-order valence-corrected chi connectivity index (χ3v) is 2.29. The lowest BCUT2D eigenvalue weighted by molar-refractivity contribution is 0.913. The van der Waals surface area contributed by atoms with Crippen molar-refractivity contribution >= 4 is 15.9 Å². The van der Waals surface area contributed by atoms with Crippen LogP contribution in [0.1, 0.15) is 0 Å². The van der Waals surface area contributed by atoms with E-state index in [4.69, 9.17) is 0 Å². The number of aromatic nitrogens is 2. The highest BCUT2D eigenvalue weighted by Gasteiger charge is 1.98. The quantitative estimate of drug-likeness (QED) is 0.776. The van der Waals surface area contributed by atoms with Crippen molar-refractivity contribution in [2.45, 2.75) is 0 Å². The first-order valence-corrected chi connectivity index (χ1v) is 4.86. The lowest BCUT2D eigenvalue weighted by Gasteiger charge is -2.03. The fourth-order valence-corrected chi connectivity index (χ4v) is 1.57. The van der Waals surface area contributed by atoms with E-state index in [9.17, 15) is 4.79 Å². The molecule has 2 aromatic rings. The van der Waals surface area contributed by atoms with Crippen LogP contribution in [0.25, 0.3) is 5.69 Å². The van der Waals surface area contributed by atoms with Gasteiger partial charge < -0.3 is 0 Å². The average Bonchev–Trinajstić information content (AvgIpc) is 2.18. The molecule has 1 aromatic carbocycles. The van der Waals surface area contributed by atoms with Crippen LogP contribution in [0.4, 0.5) is 0 Å². The Kier molecular flexibility index (Phi) is 2.45. The molecule has 4 heteroatoms. The second-order valence-corrected chi connectivity index (χ2v) is 3.67. The smallest absolute Gasteiger partial charge is 0.268 e. The van der Waals surface area contributed by atoms with E-state index in [-0.39, 0.29) is 5.69 Å². The second kappa shape index (κ2) is 3.75. The minimum Gasteiger partial charge on any atom is -0.268 e. The Labute approximate surface area is 89.2 Å². The summed E-state index contributed by atoms with van der Waals surface area (Å²) in [5.74, 6) is 0. The Morgan fingerprint density at radius 2 is 2.14 bits per heavy atom. The van der Waals surface area contributed by atoms with Crippen molar-refractivity contribution in [1.82, 2.24) is 9.55 Å². The molecule has 0 radical (unpaired) electrons. The topological polar surface area (TPSA) is 34.9 Å². The Balaban J connectivity index is 2.61. The molecule has 2 rings (SSSR count). The van der Waals surface area contributed by atoms with Gasteiger partial charge in [0.25, 0.3) is 0 Å². The summed E-state index contributed by atoms with van der Waals surface area (Å²) < 4.78 is 2.43. The summed E-state index contributed by atoms with van der Waals surface area (Å²) in [4.78, 5) is 15.0. The van der Waals surface area contributed by atoms with Crippen molar-refractivity contribution in [2.24, 2.45) is 0 Å². The molecule has 0 N–H and O–H groups in total. The van der Waals surface area contributed by atoms with Crippen molar-refractivity contribution in [3.05, 3.63) is 57.7 Å². The molecule has 3 nitrogen and oxygen atoms in total. The standard InChI is InChI=1S/C10H7BrN2O/c11-8-3-1-4-9(7-8)13-6-2-5-12-10(13)14/h1-7H. The van der Waals surface area contributed by atoms with Crippen molar-refractivity contribution in [2.75, 3.05) is 0 Å². The zero-order valence-electron chi connectivity index (χ0n) is 7.22. The zero-order valence-corrected chi connectivity index (χ0v) is 8.81. The van der Waals surface area contributed by atoms with Gasteiger partial charge >= 0.3 is 5.69 Å². The van der Waals surface area contributed by atoms with Crippen LogP contribution in [-0.4, -0.2) is 9.55 Å². The number of nitrogens with zero attached hydrogens (tertiary/aromatic N) is 2. The molecule has 0 aliphatic heterocycles. The molecule has 0 spiro atoms. The van der Waals surface area contributed by atoms with Crippen LogP contribution in [-0.2, 0) is 0 Å². The zero-order chi connectivity index (χ0) is 9.97. The van der Waals surface area contributed by atoms with E-state index in [2.05, 4.69) is 20.9 Å². The monoisotopic (exact) mass is 250 g/mol. The lowest BCUT2D eigenvalue weighted by Crippen LogP contribution is -2.19. The molecule has 0 aliphatic rings. The SMILES string of the molecule is O=c1ncccn1-c1cccc(Br)c1. The molecular weight excluding hydrogens is 244 g/mol. The van der Waals surface area contributed by atoms with E-state index in [1.165, 1.54) is 10.8 Å². The number of rotatable bonds is 1. The van der Waals surface area contributed by atoms with Gasteiger partial charge in [-0.2, -0.15) is 0 Å². The van der Waals surface area contributed by atoms with Crippen LogP contribution >= 0.6 is 15.9 Å². The molecule has 0 fully saturated rings. The third kappa shape index (κ3) is 1.75. The van der Waals surface area contributed by atoms with Crippen LogP contribution in [0.5, 0.6) is 0 Å². The predicted molar refractivity (Wildman–Crippen MR) is 57.5 cm³/mol. The molecule has 0 unspecified atom stereocenters. The molecule has 1 heterocycles. The van der Waals surface area contributed by atoms with Gasteiger partial charge in [0, 0.05) is 16.9 Å². The Bertz CT molecular complexity index is 507. The molecule has 0 saturated heterocycles. The Hall–Kier alpha value is -1.42. The van der Waals surface area contributed by atoms with Gasteiger partial charge in [0.05, 0.1) is 5.69 Å². The maximum absolute atomic E-state index is 11.4. The summed E-state index contributed by atoms with van der Waals surface area (Å²) in [6, 6.07) is 9.23. The van der Waals surface area contributed by atoms with Crippen molar-refractivity contribution in [3.8, 4) is 5.69 Å². The highest BCUT2D eigenvalue weighted by atomic mass is 79.9. The van der Waals surface area contributed by atoms with Gasteiger partial charge in [-0.15, -0.1) is 0 Å². The van der Waals surface area contributed by atoms with Gasteiger partial charge in [0.15, 0.2) is 0 Å². The highest BCUT2D eigenvalue weighted by Crippen LogP contribution is 2.13. The maximum atomic E-state index is 11.4. The normalized spacial score (nSPS) is 10.1. The van der Waals surface area contributed by atoms with Gasteiger partial charge in [0.1, 0.15) is 0 Å². The summed E-state index contributed by atoms with van der Waals surface area (Å²) in [6.07, 6.45) is 3.17. The molecule has 0 amide bonds. The van der Waals surface area contributed by atoms with E-state index < -0.39 is 0 Å². The molecule has 0 atom stereocenters. The molecule has 14 heavy (non-hydrogen) atoms. The average molecular weight is 251 g/mol. The fraction of sp³-hybridized carbons (Fsp3) is 0. The van der Waals surface area contributed by atoms with Crippen LogP contribution in [0.2, 0.25) is 0 Å². The highest BCUT2D eigenvalue weighted by molar-refractivity contribution is 9.10. The van der Waals surface area contributed by atoms with Crippen molar-refractivity contribution in [1.29, 1.82) is 0 Å². The van der Waals surface area contributed by atoms with Gasteiger partial charge in [-0.1, -0.05) is 22.0 Å². The van der Waals surface area contributed by atoms with Crippen LogP contribution in [0.15, 0.2) is 52.0 Å². The summed E-state index contributed by atoms with van der Waals surface area (Å²) in [5, 5.41) is 0. The molecular formula is C10H7BrN2O. The Morgan fingerprint density at radius 1 is 1.29 bits per heavy atom. The predicted octanol–water partition coefficient (Wildman–Crippen LogP) is 2.00. The number of hydrogen-bond donors (Lipinski definition) is 0. The van der Waals surface area contributed by atoms with Crippen molar-refractivity contribution in [3.63, 3.8) is 0 Å². The van der Waals surface area contributed by atoms with Crippen LogP contribution in [0.3, 0.4) is 0 Å². The van der Waals surface area contributed by atoms with E-state index in [0.717, 1.165) is 10.2 Å². The van der Waals surface area contributed by atoms with Gasteiger partial charge in [-0.3, -0.25) is 4.57 Å². The maximum Gasteiger partial charge on any atom is 0.352 e.